The lowest BCUT2D eigenvalue weighted by atomic mass is 9.84. The fraction of sp³-hybridized carbons (Fsp3) is 0.533. The number of hydrogen-bond acceptors (Lipinski definition) is 2. The van der Waals surface area contributed by atoms with Crippen molar-refractivity contribution in [3.63, 3.8) is 0 Å². The van der Waals surface area contributed by atoms with Crippen molar-refractivity contribution >= 4 is 11.8 Å². The molecule has 1 aliphatic carbocycles. The van der Waals surface area contributed by atoms with Gasteiger partial charge in [-0.2, -0.15) is 0 Å². The molecule has 0 aromatic heterocycles. The second-order valence-electron chi connectivity index (χ2n) is 6.27. The highest BCUT2D eigenvalue weighted by Gasteiger charge is 2.31. The molecule has 0 bridgehead atoms. The van der Waals surface area contributed by atoms with Crippen LogP contribution in [0.15, 0.2) is 6.07 Å². The predicted molar refractivity (Wildman–Crippen MR) is 75.0 cm³/mol. The van der Waals surface area contributed by atoms with Crippen molar-refractivity contribution in [2.75, 3.05) is 5.32 Å². The Labute approximate surface area is 122 Å². The van der Waals surface area contributed by atoms with Crippen LogP contribution in [0, 0.1) is 11.6 Å². The number of nitrogens with one attached hydrogen (secondary N) is 1. The zero-order valence-electron chi connectivity index (χ0n) is 12.3. The zero-order chi connectivity index (χ0) is 15.8. The first kappa shape index (κ1) is 15.5. The largest absolute Gasteiger partial charge is 0.490 e. The van der Waals surface area contributed by atoms with Gasteiger partial charge in [0.25, 0.3) is 0 Å². The van der Waals surface area contributed by atoms with Gasteiger partial charge in [0.15, 0.2) is 11.6 Å². The van der Waals surface area contributed by atoms with Crippen LogP contribution in [0.5, 0.6) is 5.75 Å². The molecule has 4 nitrogen and oxygen atoms in total. The fourth-order valence-corrected chi connectivity index (χ4v) is 2.33. The molecule has 0 spiro atoms. The Balaban J connectivity index is 2.56. The molecule has 0 unspecified atom stereocenters. The van der Waals surface area contributed by atoms with E-state index in [9.17, 15) is 13.6 Å². The lowest BCUT2D eigenvalue weighted by Crippen LogP contribution is -2.27. The van der Waals surface area contributed by atoms with Crippen molar-refractivity contribution in [3.05, 3.63) is 23.3 Å². The number of rotatable bonds is 3. The molecule has 1 aliphatic rings. The van der Waals surface area contributed by atoms with Gasteiger partial charge in [-0.05, 0) is 24.7 Å². The third-order valence-corrected chi connectivity index (χ3v) is 3.51. The Bertz CT molecular complexity index is 563. The van der Waals surface area contributed by atoms with Crippen molar-refractivity contribution in [1.82, 2.24) is 0 Å². The minimum absolute atomic E-state index is 0.0198. The highest BCUT2D eigenvalue weighted by molar-refractivity contribution is 5.85. The van der Waals surface area contributed by atoms with Crippen molar-refractivity contribution in [3.8, 4) is 5.75 Å². The average Bonchev–Trinajstić information content (AvgIpc) is 2.27. The Kier molecular flexibility index (Phi) is 4.07. The maximum absolute atomic E-state index is 14.0. The summed E-state index contributed by atoms with van der Waals surface area (Å²) in [6.45, 7) is 5.38. The van der Waals surface area contributed by atoms with Gasteiger partial charge in [-0.15, -0.1) is 0 Å². The first-order valence-corrected chi connectivity index (χ1v) is 6.89. The van der Waals surface area contributed by atoms with Crippen LogP contribution in [0.4, 0.5) is 19.3 Å². The molecule has 0 saturated heterocycles. The number of carboxylic acid groups (broad SMARTS) is 1. The minimum atomic E-state index is -1.44. The van der Waals surface area contributed by atoms with Crippen LogP contribution in [-0.2, 0) is 5.41 Å². The smallest absolute Gasteiger partial charge is 0.409 e. The van der Waals surface area contributed by atoms with Crippen LogP contribution in [0.1, 0.15) is 45.6 Å². The summed E-state index contributed by atoms with van der Waals surface area (Å²) in [5.41, 5.74) is -0.647. The van der Waals surface area contributed by atoms with Crippen LogP contribution in [0.3, 0.4) is 0 Å². The maximum Gasteiger partial charge on any atom is 0.409 e. The van der Waals surface area contributed by atoms with Crippen LogP contribution in [-0.4, -0.2) is 17.3 Å². The molecule has 1 saturated carbocycles. The third kappa shape index (κ3) is 3.25. The monoisotopic (exact) mass is 299 g/mol. The SMILES string of the molecule is CC(C)(C)c1c(OC2CCC2)cc(F)c(F)c1NC(=O)O. The van der Waals surface area contributed by atoms with Gasteiger partial charge in [-0.1, -0.05) is 20.8 Å². The molecule has 21 heavy (non-hydrogen) atoms. The number of anilines is 1. The van der Waals surface area contributed by atoms with E-state index in [1.54, 1.807) is 20.8 Å². The summed E-state index contributed by atoms with van der Waals surface area (Å²) in [5.74, 6) is -2.13. The summed E-state index contributed by atoms with van der Waals surface area (Å²) in [7, 11) is 0. The maximum atomic E-state index is 14.0. The number of hydrogen-bond donors (Lipinski definition) is 2. The van der Waals surface area contributed by atoms with Crippen LogP contribution in [0.25, 0.3) is 0 Å². The Morgan fingerprint density at radius 3 is 2.43 bits per heavy atom. The summed E-state index contributed by atoms with van der Waals surface area (Å²) in [6.07, 6.45) is 1.31. The summed E-state index contributed by atoms with van der Waals surface area (Å²) in [6, 6.07) is 1.00. The van der Waals surface area contributed by atoms with E-state index < -0.39 is 23.1 Å². The lowest BCUT2D eigenvalue weighted by molar-refractivity contribution is 0.117. The lowest BCUT2D eigenvalue weighted by Gasteiger charge is -2.31. The number of halogens is 2. The molecule has 116 valence electrons. The van der Waals surface area contributed by atoms with Crippen LogP contribution in [0.2, 0.25) is 0 Å². The predicted octanol–water partition coefficient (Wildman–Crippen LogP) is 4.28. The van der Waals surface area contributed by atoms with Crippen LogP contribution < -0.4 is 10.1 Å². The molecule has 6 heteroatoms. The van der Waals surface area contributed by atoms with Crippen LogP contribution >= 0.6 is 0 Å². The first-order valence-electron chi connectivity index (χ1n) is 6.89. The van der Waals surface area contributed by atoms with Crippen molar-refractivity contribution in [2.45, 2.75) is 51.6 Å². The van der Waals surface area contributed by atoms with E-state index in [2.05, 4.69) is 0 Å². The molecule has 2 rings (SSSR count). The topological polar surface area (TPSA) is 58.6 Å². The Morgan fingerprint density at radius 2 is 2.00 bits per heavy atom. The highest BCUT2D eigenvalue weighted by Crippen LogP contribution is 2.41. The van der Waals surface area contributed by atoms with Crippen molar-refractivity contribution in [1.29, 1.82) is 0 Å². The summed E-state index contributed by atoms with van der Waals surface area (Å²) in [4.78, 5) is 10.9. The van der Waals surface area contributed by atoms with Gasteiger partial charge in [0.05, 0.1) is 11.8 Å². The van der Waals surface area contributed by atoms with E-state index in [1.807, 2.05) is 5.32 Å². The van der Waals surface area contributed by atoms with E-state index in [4.69, 9.17) is 9.84 Å². The minimum Gasteiger partial charge on any atom is -0.490 e. The van der Waals surface area contributed by atoms with Gasteiger partial charge in [0.2, 0.25) is 0 Å². The molecule has 0 atom stereocenters. The van der Waals surface area contributed by atoms with E-state index >= 15 is 0 Å². The molecule has 1 aromatic carbocycles. The standard InChI is InChI=1S/C15H19F2NO3/c1-15(2,3)11-10(21-8-5-4-6-8)7-9(16)12(17)13(11)18-14(19)20/h7-8,18H,4-6H2,1-3H3,(H,19,20). The quantitative estimate of drug-likeness (QED) is 0.875. The van der Waals surface area contributed by atoms with E-state index in [1.165, 1.54) is 0 Å². The van der Waals surface area contributed by atoms with Gasteiger partial charge in [-0.3, -0.25) is 5.32 Å². The molecule has 0 radical (unpaired) electrons. The third-order valence-electron chi connectivity index (χ3n) is 3.51. The normalized spacial score (nSPS) is 15.5. The molecule has 2 N–H and O–H groups in total. The molecule has 0 heterocycles. The molecule has 1 fully saturated rings. The van der Waals surface area contributed by atoms with Crippen molar-refractivity contribution < 1.29 is 23.4 Å². The summed E-state index contributed by atoms with van der Waals surface area (Å²) in [5, 5.41) is 10.8. The summed E-state index contributed by atoms with van der Waals surface area (Å²) >= 11 is 0. The van der Waals surface area contributed by atoms with Gasteiger partial charge >= 0.3 is 6.09 Å². The number of benzene rings is 1. The highest BCUT2D eigenvalue weighted by atomic mass is 19.2. The summed E-state index contributed by atoms with van der Waals surface area (Å²) < 4.78 is 33.5. The molecular formula is C15H19F2NO3. The second kappa shape index (κ2) is 5.50. The first-order chi connectivity index (χ1) is 9.70. The Morgan fingerprint density at radius 1 is 1.38 bits per heavy atom. The molecule has 1 aromatic rings. The van der Waals surface area contributed by atoms with Gasteiger partial charge in [0, 0.05) is 11.6 Å². The van der Waals surface area contributed by atoms with Gasteiger partial charge < -0.3 is 9.84 Å². The number of ether oxygens (including phenoxy) is 1. The van der Waals surface area contributed by atoms with Crippen molar-refractivity contribution in [2.24, 2.45) is 0 Å². The fourth-order valence-electron chi connectivity index (χ4n) is 2.33. The van der Waals surface area contributed by atoms with Gasteiger partial charge in [0.1, 0.15) is 5.75 Å². The number of amides is 1. The molecular weight excluding hydrogens is 280 g/mol. The van der Waals surface area contributed by atoms with Gasteiger partial charge in [-0.25, -0.2) is 13.6 Å². The zero-order valence-corrected chi connectivity index (χ0v) is 12.3. The Hall–Kier alpha value is -1.85. The van der Waals surface area contributed by atoms with E-state index in [-0.39, 0.29) is 17.5 Å². The molecule has 1 amide bonds. The number of carbonyl (C=O) groups is 1. The average molecular weight is 299 g/mol. The molecule has 0 aliphatic heterocycles. The van der Waals surface area contributed by atoms with E-state index in [0.29, 0.717) is 5.56 Å². The second-order valence-corrected chi connectivity index (χ2v) is 6.27. The van der Waals surface area contributed by atoms with E-state index in [0.717, 1.165) is 25.3 Å².